The molecule has 1 amide bonds. The maximum absolute atomic E-state index is 12.2. The first kappa shape index (κ1) is 20.6. The van der Waals surface area contributed by atoms with Crippen molar-refractivity contribution in [3.8, 4) is 0 Å². The van der Waals surface area contributed by atoms with Crippen molar-refractivity contribution in [2.24, 2.45) is 11.7 Å². The van der Waals surface area contributed by atoms with E-state index in [1.165, 1.54) is 0 Å². The molecule has 1 aromatic heterocycles. The standard InChI is InChI=1S/C14H23N3OS.2ClH/c1-14(2,3)13-16-11(9-19-13)6-12(18)17-5-4-10(7-15)8-17;;/h9-10H,4-8,15H2,1-3H3;2*1H. The highest BCUT2D eigenvalue weighted by atomic mass is 35.5. The van der Waals surface area contributed by atoms with Gasteiger partial charge in [0, 0.05) is 23.9 Å². The summed E-state index contributed by atoms with van der Waals surface area (Å²) in [7, 11) is 0. The second-order valence-electron chi connectivity index (χ2n) is 6.30. The van der Waals surface area contributed by atoms with Crippen molar-refractivity contribution in [1.29, 1.82) is 0 Å². The number of rotatable bonds is 3. The molecule has 1 atom stereocenters. The van der Waals surface area contributed by atoms with Crippen molar-refractivity contribution in [2.75, 3.05) is 19.6 Å². The Morgan fingerprint density at radius 1 is 1.48 bits per heavy atom. The summed E-state index contributed by atoms with van der Waals surface area (Å²) in [6.07, 6.45) is 1.45. The smallest absolute Gasteiger partial charge is 0.228 e. The number of halogens is 2. The number of carbonyl (C=O) groups is 1. The highest BCUT2D eigenvalue weighted by Crippen LogP contribution is 2.26. The van der Waals surface area contributed by atoms with Crippen molar-refractivity contribution in [2.45, 2.75) is 39.0 Å². The second kappa shape index (κ2) is 8.32. The van der Waals surface area contributed by atoms with E-state index in [0.29, 0.717) is 18.9 Å². The molecule has 0 radical (unpaired) electrons. The fourth-order valence-electron chi connectivity index (χ4n) is 2.25. The molecule has 122 valence electrons. The van der Waals surface area contributed by atoms with Gasteiger partial charge in [0.1, 0.15) is 0 Å². The summed E-state index contributed by atoms with van der Waals surface area (Å²) >= 11 is 1.64. The monoisotopic (exact) mass is 353 g/mol. The lowest BCUT2D eigenvalue weighted by Gasteiger charge is -2.16. The lowest BCUT2D eigenvalue weighted by molar-refractivity contribution is -0.129. The first-order valence-corrected chi connectivity index (χ1v) is 7.71. The molecular formula is C14H25Cl2N3OS. The van der Waals surface area contributed by atoms with Crippen LogP contribution >= 0.6 is 36.2 Å². The van der Waals surface area contributed by atoms with Crippen LogP contribution in [0, 0.1) is 5.92 Å². The Labute approximate surface area is 143 Å². The van der Waals surface area contributed by atoms with Crippen molar-refractivity contribution in [3.63, 3.8) is 0 Å². The van der Waals surface area contributed by atoms with Crippen LogP contribution in [-0.4, -0.2) is 35.4 Å². The zero-order valence-electron chi connectivity index (χ0n) is 12.8. The van der Waals surface area contributed by atoms with Crippen LogP contribution in [0.4, 0.5) is 0 Å². The van der Waals surface area contributed by atoms with Gasteiger partial charge in [0.2, 0.25) is 5.91 Å². The fraction of sp³-hybridized carbons (Fsp3) is 0.714. The summed E-state index contributed by atoms with van der Waals surface area (Å²) < 4.78 is 0. The number of nitrogens with zero attached hydrogens (tertiary/aromatic N) is 2. The molecule has 0 saturated carbocycles. The summed E-state index contributed by atoms with van der Waals surface area (Å²) in [5.41, 5.74) is 6.61. The Balaban J connectivity index is 0.00000200. The van der Waals surface area contributed by atoms with E-state index in [2.05, 4.69) is 25.8 Å². The fourth-order valence-corrected chi connectivity index (χ4v) is 3.16. The van der Waals surface area contributed by atoms with Crippen LogP contribution in [0.25, 0.3) is 0 Å². The topological polar surface area (TPSA) is 59.2 Å². The van der Waals surface area contributed by atoms with Gasteiger partial charge >= 0.3 is 0 Å². The summed E-state index contributed by atoms with van der Waals surface area (Å²) in [6, 6.07) is 0. The van der Waals surface area contributed by atoms with Crippen LogP contribution in [0.1, 0.15) is 37.9 Å². The quantitative estimate of drug-likeness (QED) is 0.908. The van der Waals surface area contributed by atoms with Gasteiger partial charge in [0.25, 0.3) is 0 Å². The largest absolute Gasteiger partial charge is 0.342 e. The third kappa shape index (κ3) is 5.40. The zero-order valence-corrected chi connectivity index (χ0v) is 15.2. The Morgan fingerprint density at radius 3 is 2.62 bits per heavy atom. The van der Waals surface area contributed by atoms with Gasteiger partial charge in [-0.3, -0.25) is 4.79 Å². The molecule has 7 heteroatoms. The van der Waals surface area contributed by atoms with Crippen LogP contribution in [0.15, 0.2) is 5.38 Å². The summed E-state index contributed by atoms with van der Waals surface area (Å²) in [5.74, 6) is 0.659. The van der Waals surface area contributed by atoms with E-state index in [1.54, 1.807) is 11.3 Å². The first-order chi connectivity index (χ1) is 8.90. The number of hydrogen-bond acceptors (Lipinski definition) is 4. The molecular weight excluding hydrogens is 329 g/mol. The number of aromatic nitrogens is 1. The SMILES string of the molecule is CC(C)(C)c1nc(CC(=O)N2CCC(CN)C2)cs1.Cl.Cl. The molecule has 0 spiro atoms. The molecule has 1 saturated heterocycles. The first-order valence-electron chi connectivity index (χ1n) is 6.83. The molecule has 1 aliphatic heterocycles. The van der Waals surface area contributed by atoms with Crippen molar-refractivity contribution < 1.29 is 4.79 Å². The number of hydrogen-bond donors (Lipinski definition) is 1. The number of thiazole rings is 1. The Bertz CT molecular complexity index is 459. The van der Waals surface area contributed by atoms with Crippen molar-refractivity contribution in [1.82, 2.24) is 9.88 Å². The molecule has 1 aromatic rings. The zero-order chi connectivity index (χ0) is 14.0. The lowest BCUT2D eigenvalue weighted by Crippen LogP contribution is -2.31. The molecule has 1 aliphatic rings. The maximum atomic E-state index is 12.2. The van der Waals surface area contributed by atoms with E-state index in [0.717, 1.165) is 30.2 Å². The number of amides is 1. The van der Waals surface area contributed by atoms with Gasteiger partial charge in [-0.15, -0.1) is 36.2 Å². The Morgan fingerprint density at radius 2 is 2.14 bits per heavy atom. The normalized spacial score (nSPS) is 18.1. The van der Waals surface area contributed by atoms with E-state index < -0.39 is 0 Å². The highest BCUT2D eigenvalue weighted by Gasteiger charge is 2.26. The minimum Gasteiger partial charge on any atom is -0.342 e. The lowest BCUT2D eigenvalue weighted by atomic mass is 9.98. The Hall–Kier alpha value is -0.360. The third-order valence-electron chi connectivity index (χ3n) is 3.50. The third-order valence-corrected chi connectivity index (χ3v) is 4.81. The van der Waals surface area contributed by atoms with Gasteiger partial charge < -0.3 is 10.6 Å². The summed E-state index contributed by atoms with van der Waals surface area (Å²) in [4.78, 5) is 18.7. The molecule has 0 aliphatic carbocycles. The number of likely N-dealkylation sites (tertiary alicyclic amines) is 1. The number of nitrogens with two attached hydrogens (primary N) is 1. The average Bonchev–Trinajstić information content (AvgIpc) is 2.95. The summed E-state index contributed by atoms with van der Waals surface area (Å²) in [6.45, 7) is 8.76. The van der Waals surface area contributed by atoms with Crippen LogP contribution in [0.3, 0.4) is 0 Å². The average molecular weight is 354 g/mol. The van der Waals surface area contributed by atoms with Gasteiger partial charge in [-0.25, -0.2) is 4.98 Å². The van der Waals surface area contributed by atoms with Crippen LogP contribution < -0.4 is 5.73 Å². The van der Waals surface area contributed by atoms with Crippen LogP contribution in [0.2, 0.25) is 0 Å². The predicted molar refractivity (Wildman–Crippen MR) is 92.8 cm³/mol. The minimum absolute atomic E-state index is 0. The van der Waals surface area contributed by atoms with Crippen LogP contribution in [-0.2, 0) is 16.6 Å². The van der Waals surface area contributed by atoms with E-state index in [4.69, 9.17) is 5.73 Å². The van der Waals surface area contributed by atoms with E-state index in [9.17, 15) is 4.79 Å². The molecule has 4 nitrogen and oxygen atoms in total. The highest BCUT2D eigenvalue weighted by molar-refractivity contribution is 7.09. The minimum atomic E-state index is 0. The van der Waals surface area contributed by atoms with Crippen LogP contribution in [0.5, 0.6) is 0 Å². The molecule has 2 heterocycles. The van der Waals surface area contributed by atoms with Crippen molar-refractivity contribution in [3.05, 3.63) is 16.1 Å². The molecule has 21 heavy (non-hydrogen) atoms. The second-order valence-corrected chi connectivity index (χ2v) is 7.16. The van der Waals surface area contributed by atoms with Crippen molar-refractivity contribution >= 4 is 42.1 Å². The maximum Gasteiger partial charge on any atom is 0.228 e. The molecule has 1 fully saturated rings. The van der Waals surface area contributed by atoms with Gasteiger partial charge in [0.15, 0.2) is 0 Å². The van der Waals surface area contributed by atoms with E-state index >= 15 is 0 Å². The van der Waals surface area contributed by atoms with Gasteiger partial charge in [-0.2, -0.15) is 0 Å². The van der Waals surface area contributed by atoms with Gasteiger partial charge in [0.05, 0.1) is 17.1 Å². The molecule has 0 bridgehead atoms. The van der Waals surface area contributed by atoms with E-state index in [-0.39, 0.29) is 36.1 Å². The molecule has 2 N–H and O–H groups in total. The predicted octanol–water partition coefficient (Wildman–Crippen LogP) is 2.63. The van der Waals surface area contributed by atoms with Gasteiger partial charge in [-0.05, 0) is 18.9 Å². The molecule has 2 rings (SSSR count). The molecule has 0 aromatic carbocycles. The van der Waals surface area contributed by atoms with Gasteiger partial charge in [-0.1, -0.05) is 20.8 Å². The summed E-state index contributed by atoms with van der Waals surface area (Å²) in [5, 5.41) is 3.10. The molecule has 1 unspecified atom stereocenters. The van der Waals surface area contributed by atoms with E-state index in [1.807, 2.05) is 10.3 Å². The Kier molecular flexibility index (Phi) is 8.18. The number of carbonyl (C=O) groups excluding carboxylic acids is 1.